The molecule has 0 aromatic carbocycles. The van der Waals surface area contributed by atoms with Crippen molar-refractivity contribution in [2.24, 2.45) is 5.92 Å². The number of rotatable bonds is 3. The molecule has 0 amide bonds. The van der Waals surface area contributed by atoms with E-state index in [2.05, 4.69) is 0 Å². The summed E-state index contributed by atoms with van der Waals surface area (Å²) in [5.41, 5.74) is 0. The molecule has 1 heterocycles. The lowest BCUT2D eigenvalue weighted by atomic mass is 9.99. The maximum atomic E-state index is 11.8. The Bertz CT molecular complexity index is 193. The third-order valence-corrected chi connectivity index (χ3v) is 4.13. The van der Waals surface area contributed by atoms with Gasteiger partial charge < -0.3 is 4.74 Å². The Morgan fingerprint density at radius 3 is 2.79 bits per heavy atom. The maximum Gasteiger partial charge on any atom is 0.162 e. The summed E-state index contributed by atoms with van der Waals surface area (Å²) in [5.74, 6) is 2.95. The van der Waals surface area contributed by atoms with E-state index in [1.807, 2.05) is 11.8 Å². The highest BCUT2D eigenvalue weighted by molar-refractivity contribution is 7.99. The number of carbonyl (C=O) groups is 1. The van der Waals surface area contributed by atoms with Crippen LogP contribution in [0.3, 0.4) is 0 Å². The number of carbonyl (C=O) groups excluding carboxylic acids is 1. The zero-order chi connectivity index (χ0) is 9.80. The van der Waals surface area contributed by atoms with E-state index in [9.17, 15) is 4.79 Å². The lowest BCUT2D eigenvalue weighted by Gasteiger charge is -2.22. The Balaban J connectivity index is 1.75. The van der Waals surface area contributed by atoms with Gasteiger partial charge in [-0.1, -0.05) is 25.7 Å². The van der Waals surface area contributed by atoms with Crippen LogP contribution in [-0.2, 0) is 9.53 Å². The molecule has 0 spiro atoms. The first kappa shape index (κ1) is 10.5. The lowest BCUT2D eigenvalue weighted by Crippen LogP contribution is -2.32. The van der Waals surface area contributed by atoms with E-state index in [1.165, 1.54) is 25.7 Å². The van der Waals surface area contributed by atoms with Gasteiger partial charge in [0.2, 0.25) is 0 Å². The fourth-order valence-electron chi connectivity index (χ4n) is 2.30. The van der Waals surface area contributed by atoms with E-state index in [-0.39, 0.29) is 6.10 Å². The van der Waals surface area contributed by atoms with Gasteiger partial charge in [0.05, 0.1) is 6.61 Å². The molecule has 1 saturated carbocycles. The number of hydrogen-bond donors (Lipinski definition) is 0. The molecule has 1 atom stereocenters. The fraction of sp³-hybridized carbons (Fsp3) is 0.909. The van der Waals surface area contributed by atoms with Gasteiger partial charge in [0.15, 0.2) is 5.78 Å². The van der Waals surface area contributed by atoms with Crippen LogP contribution in [0.15, 0.2) is 0 Å². The van der Waals surface area contributed by atoms with E-state index in [0.29, 0.717) is 11.7 Å². The van der Waals surface area contributed by atoms with Crippen LogP contribution in [0.4, 0.5) is 0 Å². The largest absolute Gasteiger partial charge is 0.369 e. The van der Waals surface area contributed by atoms with Gasteiger partial charge >= 0.3 is 0 Å². The predicted molar refractivity (Wildman–Crippen MR) is 58.6 cm³/mol. The van der Waals surface area contributed by atoms with Crippen LogP contribution in [0.25, 0.3) is 0 Å². The molecule has 0 aromatic heterocycles. The van der Waals surface area contributed by atoms with Gasteiger partial charge in [-0.05, 0) is 5.92 Å². The van der Waals surface area contributed by atoms with Gasteiger partial charge in [0, 0.05) is 17.9 Å². The monoisotopic (exact) mass is 214 g/mol. The minimum absolute atomic E-state index is 0.0886. The number of Topliss-reactive ketones (excluding diaryl/α,β-unsaturated/α-hetero) is 1. The first-order valence-electron chi connectivity index (χ1n) is 5.58. The molecule has 2 rings (SSSR count). The summed E-state index contributed by atoms with van der Waals surface area (Å²) in [6.45, 7) is 0.756. The molecule has 0 bridgehead atoms. The minimum atomic E-state index is -0.0886. The van der Waals surface area contributed by atoms with Crippen LogP contribution in [0.5, 0.6) is 0 Å². The molecule has 0 radical (unpaired) electrons. The van der Waals surface area contributed by atoms with E-state index < -0.39 is 0 Å². The number of hydrogen-bond acceptors (Lipinski definition) is 3. The molecule has 0 aromatic rings. The summed E-state index contributed by atoms with van der Waals surface area (Å²) < 4.78 is 5.48. The van der Waals surface area contributed by atoms with Gasteiger partial charge in [-0.2, -0.15) is 11.8 Å². The van der Waals surface area contributed by atoms with Crippen LogP contribution in [0.2, 0.25) is 0 Å². The predicted octanol–water partition coefficient (Wildman–Crippen LogP) is 2.27. The standard InChI is InChI=1S/C11H18O2S/c12-10(7-9-3-1-2-4-9)11-8-14-6-5-13-11/h9,11H,1-8H2. The molecule has 1 unspecified atom stereocenters. The summed E-state index contributed by atoms with van der Waals surface area (Å²) >= 11 is 1.84. The second-order valence-corrected chi connectivity index (χ2v) is 5.41. The van der Waals surface area contributed by atoms with Crippen LogP contribution in [0.1, 0.15) is 32.1 Å². The number of thioether (sulfide) groups is 1. The molecular weight excluding hydrogens is 196 g/mol. The summed E-state index contributed by atoms with van der Waals surface area (Å²) in [6.07, 6.45) is 5.83. The third kappa shape index (κ3) is 2.74. The van der Waals surface area contributed by atoms with E-state index in [4.69, 9.17) is 4.74 Å². The number of ketones is 1. The Morgan fingerprint density at radius 1 is 1.36 bits per heavy atom. The van der Waals surface area contributed by atoms with Crippen molar-refractivity contribution in [2.45, 2.75) is 38.2 Å². The van der Waals surface area contributed by atoms with E-state index in [1.54, 1.807) is 0 Å². The summed E-state index contributed by atoms with van der Waals surface area (Å²) in [7, 11) is 0. The molecule has 1 saturated heterocycles. The van der Waals surface area contributed by atoms with Crippen molar-refractivity contribution in [1.29, 1.82) is 0 Å². The zero-order valence-electron chi connectivity index (χ0n) is 8.54. The van der Waals surface area contributed by atoms with Crippen molar-refractivity contribution in [3.8, 4) is 0 Å². The first-order valence-corrected chi connectivity index (χ1v) is 6.74. The normalized spacial score (nSPS) is 29.3. The van der Waals surface area contributed by atoms with Crippen LogP contribution < -0.4 is 0 Å². The second kappa shape index (κ2) is 5.17. The maximum absolute atomic E-state index is 11.8. The highest BCUT2D eigenvalue weighted by Crippen LogP contribution is 2.29. The SMILES string of the molecule is O=C(CC1CCCC1)C1CSCCO1. The Morgan fingerprint density at radius 2 is 2.14 bits per heavy atom. The average molecular weight is 214 g/mol. The van der Waals surface area contributed by atoms with Crippen molar-refractivity contribution in [3.05, 3.63) is 0 Å². The van der Waals surface area contributed by atoms with E-state index >= 15 is 0 Å². The Labute approximate surface area is 89.8 Å². The smallest absolute Gasteiger partial charge is 0.162 e. The van der Waals surface area contributed by atoms with Crippen LogP contribution in [0, 0.1) is 5.92 Å². The van der Waals surface area contributed by atoms with Crippen molar-refractivity contribution in [2.75, 3.05) is 18.1 Å². The first-order chi connectivity index (χ1) is 6.86. The number of ether oxygens (including phenoxy) is 1. The topological polar surface area (TPSA) is 26.3 Å². The second-order valence-electron chi connectivity index (χ2n) is 4.26. The molecular formula is C11H18O2S. The fourth-order valence-corrected chi connectivity index (χ4v) is 3.18. The Kier molecular flexibility index (Phi) is 3.88. The van der Waals surface area contributed by atoms with Crippen molar-refractivity contribution in [1.82, 2.24) is 0 Å². The van der Waals surface area contributed by atoms with Crippen molar-refractivity contribution in [3.63, 3.8) is 0 Å². The van der Waals surface area contributed by atoms with Crippen LogP contribution >= 0.6 is 11.8 Å². The summed E-state index contributed by atoms with van der Waals surface area (Å²) in [4.78, 5) is 11.8. The molecule has 1 aliphatic heterocycles. The van der Waals surface area contributed by atoms with E-state index in [0.717, 1.165) is 24.5 Å². The molecule has 1 aliphatic carbocycles. The van der Waals surface area contributed by atoms with Gasteiger partial charge in [0.25, 0.3) is 0 Å². The van der Waals surface area contributed by atoms with Gasteiger partial charge in [0.1, 0.15) is 6.10 Å². The van der Waals surface area contributed by atoms with Crippen LogP contribution in [-0.4, -0.2) is 30.0 Å². The lowest BCUT2D eigenvalue weighted by molar-refractivity contribution is -0.130. The highest BCUT2D eigenvalue weighted by atomic mass is 32.2. The molecule has 2 nitrogen and oxygen atoms in total. The van der Waals surface area contributed by atoms with Crippen molar-refractivity contribution >= 4 is 17.5 Å². The van der Waals surface area contributed by atoms with Gasteiger partial charge in [-0.3, -0.25) is 4.79 Å². The zero-order valence-corrected chi connectivity index (χ0v) is 9.35. The molecule has 80 valence electrons. The van der Waals surface area contributed by atoms with Gasteiger partial charge in [-0.15, -0.1) is 0 Å². The summed E-state index contributed by atoms with van der Waals surface area (Å²) in [5, 5.41) is 0. The molecule has 0 N–H and O–H groups in total. The third-order valence-electron chi connectivity index (χ3n) is 3.14. The molecule has 2 fully saturated rings. The Hall–Kier alpha value is -0.0200. The minimum Gasteiger partial charge on any atom is -0.369 e. The molecule has 2 aliphatic rings. The van der Waals surface area contributed by atoms with Crippen molar-refractivity contribution < 1.29 is 9.53 Å². The van der Waals surface area contributed by atoms with Gasteiger partial charge in [-0.25, -0.2) is 0 Å². The molecule has 3 heteroatoms. The quantitative estimate of drug-likeness (QED) is 0.721. The highest BCUT2D eigenvalue weighted by Gasteiger charge is 2.26. The summed E-state index contributed by atoms with van der Waals surface area (Å²) in [6, 6.07) is 0. The molecule has 14 heavy (non-hydrogen) atoms. The average Bonchev–Trinajstić information content (AvgIpc) is 2.72.